The number of H-pyrrole nitrogens is 2. The summed E-state index contributed by atoms with van der Waals surface area (Å²) in [4.78, 5) is 39.4. The minimum absolute atomic E-state index is 0.0866. The molecule has 2 heterocycles. The Morgan fingerprint density at radius 2 is 2.05 bits per heavy atom. The Bertz CT molecular complexity index is 731. The van der Waals surface area contributed by atoms with Crippen molar-refractivity contribution in [3.63, 3.8) is 0 Å². The molecule has 0 bridgehead atoms. The van der Waals surface area contributed by atoms with E-state index >= 15 is 0 Å². The molecule has 0 saturated carbocycles. The molecule has 3 rings (SSSR count). The standard InChI is InChI=1S/C13H14N4O3/c18-11-4-3-9(15-11)12(19)14-6-7-1-2-8-10(5-7)17-13(20)16-8/h1-2,5,9H,3-4,6H2,(H,14,19)(H,15,18)(H2,16,17,20). The van der Waals surface area contributed by atoms with Crippen LogP contribution in [-0.2, 0) is 16.1 Å². The van der Waals surface area contributed by atoms with Crippen molar-refractivity contribution in [3.8, 4) is 0 Å². The summed E-state index contributed by atoms with van der Waals surface area (Å²) in [6.45, 7) is 0.356. The minimum Gasteiger partial charge on any atom is -0.350 e. The first-order valence-electron chi connectivity index (χ1n) is 6.40. The van der Waals surface area contributed by atoms with Crippen LogP contribution in [0.25, 0.3) is 11.0 Å². The molecule has 7 nitrogen and oxygen atoms in total. The molecule has 0 radical (unpaired) electrons. The van der Waals surface area contributed by atoms with Crippen LogP contribution in [0.5, 0.6) is 0 Å². The number of fused-ring (bicyclic) bond motifs is 1. The summed E-state index contributed by atoms with van der Waals surface area (Å²) in [5, 5.41) is 5.40. The predicted octanol–water partition coefficient (Wildman–Crippen LogP) is -0.249. The van der Waals surface area contributed by atoms with Gasteiger partial charge in [0.05, 0.1) is 11.0 Å². The molecule has 0 aliphatic carbocycles. The van der Waals surface area contributed by atoms with E-state index in [1.807, 2.05) is 6.07 Å². The maximum absolute atomic E-state index is 11.8. The smallest absolute Gasteiger partial charge is 0.323 e. The molecule has 4 N–H and O–H groups in total. The number of hydrogen-bond donors (Lipinski definition) is 4. The van der Waals surface area contributed by atoms with Crippen LogP contribution in [0, 0.1) is 0 Å². The van der Waals surface area contributed by atoms with Crippen LogP contribution >= 0.6 is 0 Å². The summed E-state index contributed by atoms with van der Waals surface area (Å²) in [7, 11) is 0. The Balaban J connectivity index is 1.65. The fourth-order valence-electron chi connectivity index (χ4n) is 2.31. The lowest BCUT2D eigenvalue weighted by Gasteiger charge is -2.10. The van der Waals surface area contributed by atoms with E-state index in [4.69, 9.17) is 0 Å². The Kier molecular flexibility index (Phi) is 3.02. The lowest BCUT2D eigenvalue weighted by atomic mass is 10.2. The summed E-state index contributed by atoms with van der Waals surface area (Å²) in [5.41, 5.74) is 2.06. The first-order valence-corrected chi connectivity index (χ1v) is 6.40. The van der Waals surface area contributed by atoms with Gasteiger partial charge in [0.2, 0.25) is 11.8 Å². The second-order valence-electron chi connectivity index (χ2n) is 4.84. The molecule has 2 amide bonds. The van der Waals surface area contributed by atoms with E-state index in [1.54, 1.807) is 12.1 Å². The Hall–Kier alpha value is -2.57. The molecule has 1 atom stereocenters. The van der Waals surface area contributed by atoms with Crippen molar-refractivity contribution in [2.24, 2.45) is 0 Å². The average molecular weight is 274 g/mol. The highest BCUT2D eigenvalue weighted by Gasteiger charge is 2.26. The third kappa shape index (κ3) is 2.42. The number of nitrogens with one attached hydrogen (secondary N) is 4. The molecule has 1 unspecified atom stereocenters. The van der Waals surface area contributed by atoms with Crippen molar-refractivity contribution in [2.45, 2.75) is 25.4 Å². The number of imidazole rings is 1. The average Bonchev–Trinajstić information content (AvgIpc) is 3.00. The predicted molar refractivity (Wildman–Crippen MR) is 71.9 cm³/mol. The first-order chi connectivity index (χ1) is 9.61. The summed E-state index contributed by atoms with van der Waals surface area (Å²) < 4.78 is 0. The largest absolute Gasteiger partial charge is 0.350 e. The number of carbonyl (C=O) groups is 2. The maximum atomic E-state index is 11.8. The van der Waals surface area contributed by atoms with Gasteiger partial charge in [0, 0.05) is 13.0 Å². The number of amides is 2. The van der Waals surface area contributed by atoms with Crippen molar-refractivity contribution in [1.29, 1.82) is 0 Å². The van der Waals surface area contributed by atoms with Crippen molar-refractivity contribution in [1.82, 2.24) is 20.6 Å². The van der Waals surface area contributed by atoms with E-state index in [0.717, 1.165) is 11.1 Å². The summed E-state index contributed by atoms with van der Waals surface area (Å²) in [5.74, 6) is -0.269. The molecule has 2 aromatic rings. The summed E-state index contributed by atoms with van der Waals surface area (Å²) in [6, 6.07) is 4.99. The third-order valence-corrected chi connectivity index (χ3v) is 3.36. The zero-order valence-electron chi connectivity index (χ0n) is 10.7. The zero-order valence-corrected chi connectivity index (χ0v) is 10.7. The maximum Gasteiger partial charge on any atom is 0.323 e. The van der Waals surface area contributed by atoms with Gasteiger partial charge in [-0.1, -0.05) is 6.07 Å². The van der Waals surface area contributed by atoms with Crippen LogP contribution in [0.1, 0.15) is 18.4 Å². The van der Waals surface area contributed by atoms with Gasteiger partial charge in [-0.15, -0.1) is 0 Å². The molecule has 1 fully saturated rings. The second-order valence-corrected chi connectivity index (χ2v) is 4.84. The van der Waals surface area contributed by atoms with E-state index in [1.165, 1.54) is 0 Å². The van der Waals surface area contributed by atoms with E-state index in [0.29, 0.717) is 24.9 Å². The van der Waals surface area contributed by atoms with E-state index < -0.39 is 6.04 Å². The van der Waals surface area contributed by atoms with Gasteiger partial charge in [0.15, 0.2) is 0 Å². The fraction of sp³-hybridized carbons (Fsp3) is 0.308. The molecule has 1 aromatic heterocycles. The molecular weight excluding hydrogens is 260 g/mol. The number of aromatic amines is 2. The van der Waals surface area contributed by atoms with Crippen LogP contribution < -0.4 is 16.3 Å². The van der Waals surface area contributed by atoms with Crippen LogP contribution in [0.15, 0.2) is 23.0 Å². The quantitative estimate of drug-likeness (QED) is 0.620. The van der Waals surface area contributed by atoms with Gasteiger partial charge in [0.25, 0.3) is 0 Å². The van der Waals surface area contributed by atoms with E-state index in [9.17, 15) is 14.4 Å². The van der Waals surface area contributed by atoms with Gasteiger partial charge in [-0.2, -0.15) is 0 Å². The number of hydrogen-bond acceptors (Lipinski definition) is 3. The van der Waals surface area contributed by atoms with E-state index in [-0.39, 0.29) is 17.5 Å². The SMILES string of the molecule is O=C1CCC(C(=O)NCc2ccc3[nH]c(=O)[nH]c3c2)N1. The second kappa shape index (κ2) is 4.84. The molecule has 1 aromatic carbocycles. The van der Waals surface area contributed by atoms with Gasteiger partial charge >= 0.3 is 5.69 Å². The first kappa shape index (κ1) is 12.5. The number of aromatic nitrogens is 2. The van der Waals surface area contributed by atoms with Crippen molar-refractivity contribution in [3.05, 3.63) is 34.2 Å². The molecule has 0 spiro atoms. The molecular formula is C13H14N4O3. The van der Waals surface area contributed by atoms with Crippen molar-refractivity contribution >= 4 is 22.8 Å². The van der Waals surface area contributed by atoms with E-state index in [2.05, 4.69) is 20.6 Å². The highest BCUT2D eigenvalue weighted by Crippen LogP contribution is 2.11. The molecule has 1 saturated heterocycles. The fourth-order valence-corrected chi connectivity index (χ4v) is 2.31. The van der Waals surface area contributed by atoms with Crippen LogP contribution in [-0.4, -0.2) is 27.8 Å². The lowest BCUT2D eigenvalue weighted by Crippen LogP contribution is -2.41. The highest BCUT2D eigenvalue weighted by molar-refractivity contribution is 5.90. The lowest BCUT2D eigenvalue weighted by molar-refractivity contribution is -0.125. The van der Waals surface area contributed by atoms with Crippen LogP contribution in [0.2, 0.25) is 0 Å². The number of benzene rings is 1. The Labute approximate surface area is 113 Å². The van der Waals surface area contributed by atoms with Crippen molar-refractivity contribution in [2.75, 3.05) is 0 Å². The Morgan fingerprint density at radius 1 is 1.25 bits per heavy atom. The summed E-state index contributed by atoms with van der Waals surface area (Å²) in [6.07, 6.45) is 0.934. The molecule has 7 heteroatoms. The topological polar surface area (TPSA) is 107 Å². The van der Waals surface area contributed by atoms with Gasteiger partial charge in [-0.05, 0) is 24.1 Å². The molecule has 20 heavy (non-hydrogen) atoms. The van der Waals surface area contributed by atoms with Crippen LogP contribution in [0.4, 0.5) is 0 Å². The third-order valence-electron chi connectivity index (χ3n) is 3.36. The van der Waals surface area contributed by atoms with Crippen molar-refractivity contribution < 1.29 is 9.59 Å². The van der Waals surface area contributed by atoms with Crippen LogP contribution in [0.3, 0.4) is 0 Å². The normalized spacial score (nSPS) is 18.2. The Morgan fingerprint density at radius 3 is 2.80 bits per heavy atom. The van der Waals surface area contributed by atoms with Gasteiger partial charge < -0.3 is 20.6 Å². The monoisotopic (exact) mass is 274 g/mol. The minimum atomic E-state index is -0.432. The molecule has 104 valence electrons. The number of carbonyl (C=O) groups excluding carboxylic acids is 2. The molecule has 1 aliphatic rings. The zero-order chi connectivity index (χ0) is 14.1. The van der Waals surface area contributed by atoms with Gasteiger partial charge in [0.1, 0.15) is 6.04 Å². The highest BCUT2D eigenvalue weighted by atomic mass is 16.2. The molecule has 1 aliphatic heterocycles. The summed E-state index contributed by atoms with van der Waals surface area (Å²) >= 11 is 0. The number of rotatable bonds is 3. The van der Waals surface area contributed by atoms with Gasteiger partial charge in [-0.3, -0.25) is 9.59 Å². The van der Waals surface area contributed by atoms with Gasteiger partial charge in [-0.25, -0.2) is 4.79 Å².